The second kappa shape index (κ2) is 6.24. The van der Waals surface area contributed by atoms with Crippen molar-refractivity contribution in [3.05, 3.63) is 52.3 Å². The number of H-pyrrole nitrogens is 1. The van der Waals surface area contributed by atoms with E-state index in [9.17, 15) is 9.59 Å². The van der Waals surface area contributed by atoms with Gasteiger partial charge in [-0.1, -0.05) is 19.4 Å². The zero-order chi connectivity index (χ0) is 16.4. The van der Waals surface area contributed by atoms with Crippen molar-refractivity contribution in [3.63, 3.8) is 0 Å². The molecule has 2 heterocycles. The van der Waals surface area contributed by atoms with E-state index in [4.69, 9.17) is 5.73 Å². The molecule has 0 bridgehead atoms. The summed E-state index contributed by atoms with van der Waals surface area (Å²) in [6.07, 6.45) is 4.13. The van der Waals surface area contributed by atoms with Crippen molar-refractivity contribution in [1.82, 2.24) is 15.1 Å². The van der Waals surface area contributed by atoms with Gasteiger partial charge in [0.25, 0.3) is 5.91 Å². The predicted octanol–water partition coefficient (Wildman–Crippen LogP) is 1.66. The van der Waals surface area contributed by atoms with Crippen molar-refractivity contribution in [2.45, 2.75) is 32.7 Å². The molecule has 0 fully saturated rings. The topological polar surface area (TPSA) is 92.1 Å². The lowest BCUT2D eigenvalue weighted by atomic mass is 9.96. The predicted molar refractivity (Wildman–Crippen MR) is 86.0 cm³/mol. The number of aromatic amines is 1. The molecule has 6 nitrogen and oxygen atoms in total. The first-order valence-electron chi connectivity index (χ1n) is 7.83. The van der Waals surface area contributed by atoms with Crippen molar-refractivity contribution < 1.29 is 9.59 Å². The number of aryl methyl sites for hydroxylation is 1. The molecule has 0 unspecified atom stereocenters. The van der Waals surface area contributed by atoms with E-state index >= 15 is 0 Å². The largest absolute Gasteiger partial charge is 0.366 e. The number of rotatable bonds is 4. The van der Waals surface area contributed by atoms with Crippen molar-refractivity contribution in [2.75, 3.05) is 6.54 Å². The smallest absolute Gasteiger partial charge is 0.257 e. The number of hydrogen-bond acceptors (Lipinski definition) is 3. The third kappa shape index (κ3) is 2.97. The molecule has 0 aliphatic carbocycles. The third-order valence-corrected chi connectivity index (χ3v) is 4.24. The lowest BCUT2D eigenvalue weighted by Gasteiger charge is -2.29. The maximum atomic E-state index is 12.8. The fourth-order valence-electron chi connectivity index (χ4n) is 2.99. The quantitative estimate of drug-likeness (QED) is 0.899. The van der Waals surface area contributed by atoms with Gasteiger partial charge in [-0.2, -0.15) is 5.10 Å². The highest BCUT2D eigenvalue weighted by Crippen LogP contribution is 2.22. The minimum absolute atomic E-state index is 0.0164. The molecule has 1 aliphatic rings. The van der Waals surface area contributed by atoms with Gasteiger partial charge < -0.3 is 10.6 Å². The van der Waals surface area contributed by atoms with Gasteiger partial charge in [0.15, 0.2) is 0 Å². The third-order valence-electron chi connectivity index (χ3n) is 4.24. The van der Waals surface area contributed by atoms with Gasteiger partial charge in [0.1, 0.15) is 0 Å². The highest BCUT2D eigenvalue weighted by molar-refractivity contribution is 5.95. The van der Waals surface area contributed by atoms with Gasteiger partial charge >= 0.3 is 0 Å². The van der Waals surface area contributed by atoms with E-state index in [2.05, 4.69) is 17.1 Å². The van der Waals surface area contributed by atoms with Crippen LogP contribution in [0.5, 0.6) is 0 Å². The van der Waals surface area contributed by atoms with Crippen LogP contribution in [0.4, 0.5) is 0 Å². The van der Waals surface area contributed by atoms with Crippen LogP contribution in [0, 0.1) is 0 Å². The Morgan fingerprint density at radius 1 is 1.35 bits per heavy atom. The molecule has 23 heavy (non-hydrogen) atoms. The number of amides is 2. The monoisotopic (exact) mass is 312 g/mol. The molecule has 0 saturated carbocycles. The van der Waals surface area contributed by atoms with Crippen molar-refractivity contribution in [1.29, 1.82) is 0 Å². The average molecular weight is 312 g/mol. The number of nitrogens with zero attached hydrogens (tertiary/aromatic N) is 2. The number of benzene rings is 1. The summed E-state index contributed by atoms with van der Waals surface area (Å²) in [6.45, 7) is 3.22. The molecule has 3 N–H and O–H groups in total. The number of nitrogens with one attached hydrogen (secondary N) is 1. The fraction of sp³-hybridized carbons (Fsp3) is 0.353. The SMILES string of the molecule is CCCc1[nH]ncc1C(=O)N1CCc2ccc(C(N)=O)cc2C1. The minimum atomic E-state index is -0.448. The molecular weight excluding hydrogens is 292 g/mol. The van der Waals surface area contributed by atoms with E-state index < -0.39 is 5.91 Å². The second-order valence-corrected chi connectivity index (χ2v) is 5.84. The Labute approximate surface area is 134 Å². The highest BCUT2D eigenvalue weighted by atomic mass is 16.2. The number of hydrogen-bond donors (Lipinski definition) is 2. The van der Waals surface area contributed by atoms with Crippen LogP contribution < -0.4 is 5.73 Å². The van der Waals surface area contributed by atoms with Crippen LogP contribution in [-0.2, 0) is 19.4 Å². The van der Waals surface area contributed by atoms with Gasteiger partial charge in [-0.3, -0.25) is 14.7 Å². The van der Waals surface area contributed by atoms with Crippen LogP contribution in [0.25, 0.3) is 0 Å². The number of nitrogens with two attached hydrogens (primary N) is 1. The first kappa shape index (κ1) is 15.3. The van der Waals surface area contributed by atoms with Crippen molar-refractivity contribution in [3.8, 4) is 0 Å². The van der Waals surface area contributed by atoms with E-state index in [-0.39, 0.29) is 5.91 Å². The molecular formula is C17H20N4O2. The summed E-state index contributed by atoms with van der Waals surface area (Å²) in [5, 5.41) is 6.92. The summed E-state index contributed by atoms with van der Waals surface area (Å²) < 4.78 is 0. The summed E-state index contributed by atoms with van der Waals surface area (Å²) in [4.78, 5) is 25.9. The van der Waals surface area contributed by atoms with Crippen molar-refractivity contribution >= 4 is 11.8 Å². The summed E-state index contributed by atoms with van der Waals surface area (Å²) in [7, 11) is 0. The average Bonchev–Trinajstić information content (AvgIpc) is 3.01. The molecule has 0 saturated heterocycles. The maximum Gasteiger partial charge on any atom is 0.257 e. The highest BCUT2D eigenvalue weighted by Gasteiger charge is 2.24. The first-order chi connectivity index (χ1) is 11.1. The molecule has 1 aliphatic heterocycles. The molecule has 1 aromatic carbocycles. The molecule has 120 valence electrons. The first-order valence-corrected chi connectivity index (χ1v) is 7.83. The lowest BCUT2D eigenvalue weighted by molar-refractivity contribution is 0.0733. The Hall–Kier alpha value is -2.63. The summed E-state index contributed by atoms with van der Waals surface area (Å²) in [5.74, 6) is -0.464. The van der Waals surface area contributed by atoms with Gasteiger partial charge in [0, 0.05) is 24.3 Å². The molecule has 2 amide bonds. The van der Waals surface area contributed by atoms with Gasteiger partial charge in [0.05, 0.1) is 11.8 Å². The zero-order valence-corrected chi connectivity index (χ0v) is 13.1. The summed E-state index contributed by atoms with van der Waals surface area (Å²) in [6, 6.07) is 5.46. The Morgan fingerprint density at radius 2 is 2.17 bits per heavy atom. The Balaban J connectivity index is 1.83. The van der Waals surface area contributed by atoms with Crippen LogP contribution in [0.1, 0.15) is 50.9 Å². The van der Waals surface area contributed by atoms with Gasteiger partial charge in [0.2, 0.25) is 5.91 Å². The zero-order valence-electron chi connectivity index (χ0n) is 13.1. The van der Waals surface area contributed by atoms with E-state index in [1.165, 1.54) is 5.56 Å². The number of primary amides is 1. The van der Waals surface area contributed by atoms with Crippen molar-refractivity contribution in [2.24, 2.45) is 5.73 Å². The van der Waals surface area contributed by atoms with E-state index in [0.29, 0.717) is 24.2 Å². The molecule has 0 radical (unpaired) electrons. The van der Waals surface area contributed by atoms with E-state index in [1.807, 2.05) is 6.07 Å². The number of aromatic nitrogens is 2. The molecule has 0 spiro atoms. The van der Waals surface area contributed by atoms with Crippen LogP contribution in [0.15, 0.2) is 24.4 Å². The minimum Gasteiger partial charge on any atom is -0.366 e. The number of carbonyl (C=O) groups is 2. The Kier molecular flexibility index (Phi) is 4.14. The summed E-state index contributed by atoms with van der Waals surface area (Å²) >= 11 is 0. The molecule has 3 rings (SSSR count). The molecule has 1 aromatic heterocycles. The second-order valence-electron chi connectivity index (χ2n) is 5.84. The Bertz CT molecular complexity index is 751. The van der Waals surface area contributed by atoms with E-state index in [1.54, 1.807) is 23.2 Å². The fourth-order valence-corrected chi connectivity index (χ4v) is 2.99. The normalized spacial score (nSPS) is 13.7. The van der Waals surface area contributed by atoms with Crippen LogP contribution in [-0.4, -0.2) is 33.5 Å². The van der Waals surface area contributed by atoms with E-state index in [0.717, 1.165) is 30.5 Å². The molecule has 6 heteroatoms. The van der Waals surface area contributed by atoms with Crippen LogP contribution >= 0.6 is 0 Å². The lowest BCUT2D eigenvalue weighted by Crippen LogP contribution is -2.36. The maximum absolute atomic E-state index is 12.8. The summed E-state index contributed by atoms with van der Waals surface area (Å²) in [5.41, 5.74) is 9.50. The standard InChI is InChI=1S/C17H20N4O2/c1-2-3-15-14(9-19-20-15)17(23)21-7-6-11-4-5-12(16(18)22)8-13(11)10-21/h4-5,8-9H,2-3,6-7,10H2,1H3,(H2,18,22)(H,19,20). The number of fused-ring (bicyclic) bond motifs is 1. The van der Waals surface area contributed by atoms with Gasteiger partial charge in [-0.15, -0.1) is 0 Å². The van der Waals surface area contributed by atoms with Gasteiger partial charge in [-0.25, -0.2) is 0 Å². The van der Waals surface area contributed by atoms with Crippen LogP contribution in [0.2, 0.25) is 0 Å². The van der Waals surface area contributed by atoms with Gasteiger partial charge in [-0.05, 0) is 36.1 Å². The molecule has 0 atom stereocenters. The number of carbonyl (C=O) groups excluding carboxylic acids is 2. The molecule has 2 aromatic rings. The Morgan fingerprint density at radius 3 is 2.91 bits per heavy atom. The van der Waals surface area contributed by atoms with Crippen LogP contribution in [0.3, 0.4) is 0 Å².